The van der Waals surface area contributed by atoms with Gasteiger partial charge in [0, 0.05) is 38.6 Å². The second kappa shape index (κ2) is 9.11. The number of benzene rings is 1. The van der Waals surface area contributed by atoms with Crippen LogP contribution in [0, 0.1) is 0 Å². The van der Waals surface area contributed by atoms with Crippen LogP contribution in [0.25, 0.3) is 0 Å². The van der Waals surface area contributed by atoms with Crippen LogP contribution in [0.1, 0.15) is 18.1 Å². The summed E-state index contributed by atoms with van der Waals surface area (Å²) in [7, 11) is 0. The fraction of sp³-hybridized carbons (Fsp3) is 0.353. The molecule has 2 aromatic rings. The Kier molecular flexibility index (Phi) is 7.13. The van der Waals surface area contributed by atoms with Crippen LogP contribution in [-0.2, 0) is 13.1 Å². The summed E-state index contributed by atoms with van der Waals surface area (Å²) in [6, 6.07) is 9.88. The van der Waals surface area contributed by atoms with E-state index in [2.05, 4.69) is 22.1 Å². The van der Waals surface area contributed by atoms with Crippen molar-refractivity contribution in [2.24, 2.45) is 0 Å². The van der Waals surface area contributed by atoms with Gasteiger partial charge in [0.15, 0.2) is 0 Å². The number of hydrogen-bond donors (Lipinski definition) is 1. The van der Waals surface area contributed by atoms with E-state index in [9.17, 15) is 0 Å². The van der Waals surface area contributed by atoms with Crippen molar-refractivity contribution in [2.75, 3.05) is 19.6 Å². The van der Waals surface area contributed by atoms with Crippen molar-refractivity contribution in [3.05, 3.63) is 63.9 Å². The van der Waals surface area contributed by atoms with Crippen molar-refractivity contribution < 1.29 is 0 Å². The molecular weight excluding hydrogens is 317 g/mol. The Balaban J connectivity index is 1.76. The molecule has 1 N–H and O–H groups in total. The van der Waals surface area contributed by atoms with Gasteiger partial charge in [-0.25, -0.2) is 0 Å². The Morgan fingerprint density at radius 3 is 2.50 bits per heavy atom. The molecule has 0 aliphatic heterocycles. The SMILES string of the molecule is CCN(CCNCc1ccncc1)Cc1ccc(Cl)c(Cl)c1. The van der Waals surface area contributed by atoms with Gasteiger partial charge in [0.2, 0.25) is 0 Å². The Bertz CT molecular complexity index is 575. The summed E-state index contributed by atoms with van der Waals surface area (Å²) >= 11 is 12.0. The highest BCUT2D eigenvalue weighted by Gasteiger charge is 2.05. The second-order valence-electron chi connectivity index (χ2n) is 5.15. The number of rotatable bonds is 8. The number of likely N-dealkylation sites (N-methyl/N-ethyl adjacent to an activating group) is 1. The lowest BCUT2D eigenvalue weighted by Crippen LogP contribution is -2.31. The van der Waals surface area contributed by atoms with Crippen molar-refractivity contribution in [1.82, 2.24) is 15.2 Å². The highest BCUT2D eigenvalue weighted by molar-refractivity contribution is 6.42. The van der Waals surface area contributed by atoms with E-state index in [4.69, 9.17) is 23.2 Å². The zero-order valence-corrected chi connectivity index (χ0v) is 14.2. The van der Waals surface area contributed by atoms with E-state index in [1.807, 2.05) is 42.7 Å². The summed E-state index contributed by atoms with van der Waals surface area (Å²) in [5.74, 6) is 0. The summed E-state index contributed by atoms with van der Waals surface area (Å²) < 4.78 is 0. The smallest absolute Gasteiger partial charge is 0.0595 e. The third-order valence-corrected chi connectivity index (χ3v) is 4.26. The number of aromatic nitrogens is 1. The minimum absolute atomic E-state index is 0.604. The largest absolute Gasteiger partial charge is 0.311 e. The van der Waals surface area contributed by atoms with E-state index < -0.39 is 0 Å². The summed E-state index contributed by atoms with van der Waals surface area (Å²) in [5, 5.41) is 4.68. The first-order chi connectivity index (χ1) is 10.7. The molecule has 5 heteroatoms. The first kappa shape index (κ1) is 17.2. The van der Waals surface area contributed by atoms with E-state index in [1.165, 1.54) is 11.1 Å². The van der Waals surface area contributed by atoms with Crippen molar-refractivity contribution in [2.45, 2.75) is 20.0 Å². The Morgan fingerprint density at radius 2 is 1.82 bits per heavy atom. The van der Waals surface area contributed by atoms with Gasteiger partial charge >= 0.3 is 0 Å². The molecule has 0 bridgehead atoms. The molecular formula is C17H21Cl2N3. The Labute approximate surface area is 142 Å². The molecule has 2 rings (SSSR count). The average Bonchev–Trinajstić information content (AvgIpc) is 2.54. The molecule has 0 unspecified atom stereocenters. The predicted molar refractivity (Wildman–Crippen MR) is 93.4 cm³/mol. The average molecular weight is 338 g/mol. The monoisotopic (exact) mass is 337 g/mol. The van der Waals surface area contributed by atoms with Crippen LogP contribution in [-0.4, -0.2) is 29.5 Å². The first-order valence-electron chi connectivity index (χ1n) is 7.45. The van der Waals surface area contributed by atoms with Crippen molar-refractivity contribution >= 4 is 23.2 Å². The Hall–Kier alpha value is -1.13. The molecule has 22 heavy (non-hydrogen) atoms. The maximum atomic E-state index is 6.07. The van der Waals surface area contributed by atoms with Crippen LogP contribution in [0.2, 0.25) is 10.0 Å². The molecule has 0 saturated carbocycles. The van der Waals surface area contributed by atoms with Gasteiger partial charge in [0.25, 0.3) is 0 Å². The normalized spacial score (nSPS) is 11.1. The lowest BCUT2D eigenvalue weighted by Gasteiger charge is -2.21. The van der Waals surface area contributed by atoms with E-state index in [1.54, 1.807) is 0 Å². The molecule has 0 atom stereocenters. The highest BCUT2D eigenvalue weighted by Crippen LogP contribution is 2.23. The number of hydrogen-bond acceptors (Lipinski definition) is 3. The molecule has 0 aliphatic carbocycles. The molecule has 1 heterocycles. The molecule has 0 aliphatic rings. The molecule has 1 aromatic heterocycles. The third kappa shape index (κ3) is 5.58. The second-order valence-corrected chi connectivity index (χ2v) is 5.96. The van der Waals surface area contributed by atoms with E-state index in [0.29, 0.717) is 10.0 Å². The highest BCUT2D eigenvalue weighted by atomic mass is 35.5. The van der Waals surface area contributed by atoms with Crippen LogP contribution < -0.4 is 5.32 Å². The number of pyridine rings is 1. The zero-order chi connectivity index (χ0) is 15.8. The van der Waals surface area contributed by atoms with Crippen LogP contribution in [0.3, 0.4) is 0 Å². The summed E-state index contributed by atoms with van der Waals surface area (Å²) in [5.41, 5.74) is 2.44. The quantitative estimate of drug-likeness (QED) is 0.738. The predicted octanol–water partition coefficient (Wildman–Crippen LogP) is 4.00. The summed E-state index contributed by atoms with van der Waals surface area (Å²) in [6.07, 6.45) is 3.64. The standard InChI is InChI=1S/C17H21Cl2N3/c1-2-22(13-15-3-4-16(18)17(19)11-15)10-9-21-12-14-5-7-20-8-6-14/h3-8,11,21H,2,9-10,12-13H2,1H3. The van der Waals surface area contributed by atoms with Gasteiger partial charge in [-0.05, 0) is 41.9 Å². The van der Waals surface area contributed by atoms with Crippen LogP contribution in [0.15, 0.2) is 42.7 Å². The van der Waals surface area contributed by atoms with Gasteiger partial charge in [-0.2, -0.15) is 0 Å². The van der Waals surface area contributed by atoms with Gasteiger partial charge in [0.1, 0.15) is 0 Å². The number of halogens is 2. The molecule has 0 saturated heterocycles. The fourth-order valence-corrected chi connectivity index (χ4v) is 2.54. The van der Waals surface area contributed by atoms with Crippen molar-refractivity contribution in [3.63, 3.8) is 0 Å². The molecule has 0 spiro atoms. The zero-order valence-electron chi connectivity index (χ0n) is 12.7. The Morgan fingerprint density at radius 1 is 1.05 bits per heavy atom. The van der Waals surface area contributed by atoms with E-state index in [-0.39, 0.29) is 0 Å². The molecule has 0 fully saturated rings. The number of nitrogens with one attached hydrogen (secondary N) is 1. The van der Waals surface area contributed by atoms with Crippen LogP contribution in [0.4, 0.5) is 0 Å². The van der Waals surface area contributed by atoms with Gasteiger partial charge < -0.3 is 5.32 Å². The number of nitrogens with zero attached hydrogens (tertiary/aromatic N) is 2. The topological polar surface area (TPSA) is 28.2 Å². The summed E-state index contributed by atoms with van der Waals surface area (Å²) in [4.78, 5) is 6.39. The molecule has 118 valence electrons. The lowest BCUT2D eigenvalue weighted by atomic mass is 10.2. The van der Waals surface area contributed by atoms with Gasteiger partial charge in [-0.15, -0.1) is 0 Å². The maximum Gasteiger partial charge on any atom is 0.0595 e. The minimum atomic E-state index is 0.604. The molecule has 3 nitrogen and oxygen atoms in total. The van der Waals surface area contributed by atoms with Gasteiger partial charge in [-0.3, -0.25) is 9.88 Å². The van der Waals surface area contributed by atoms with Gasteiger partial charge in [0.05, 0.1) is 10.0 Å². The molecule has 1 aromatic carbocycles. The summed E-state index contributed by atoms with van der Waals surface area (Å²) in [6.45, 7) is 6.84. The van der Waals surface area contributed by atoms with E-state index >= 15 is 0 Å². The fourth-order valence-electron chi connectivity index (χ4n) is 2.22. The first-order valence-corrected chi connectivity index (χ1v) is 8.20. The minimum Gasteiger partial charge on any atom is -0.311 e. The van der Waals surface area contributed by atoms with Crippen molar-refractivity contribution in [1.29, 1.82) is 0 Å². The maximum absolute atomic E-state index is 6.07. The van der Waals surface area contributed by atoms with Crippen LogP contribution >= 0.6 is 23.2 Å². The van der Waals surface area contributed by atoms with Crippen LogP contribution in [0.5, 0.6) is 0 Å². The van der Waals surface area contributed by atoms with Gasteiger partial charge in [-0.1, -0.05) is 36.2 Å². The third-order valence-electron chi connectivity index (χ3n) is 3.52. The van der Waals surface area contributed by atoms with E-state index in [0.717, 1.165) is 32.7 Å². The molecule has 0 radical (unpaired) electrons. The van der Waals surface area contributed by atoms with Crippen molar-refractivity contribution in [3.8, 4) is 0 Å². The molecule has 0 amide bonds. The lowest BCUT2D eigenvalue weighted by molar-refractivity contribution is 0.279.